The number of benzene rings is 3. The molecule has 0 spiro atoms. The fraction of sp³-hybridized carbons (Fsp3) is 0.148. The van der Waals surface area contributed by atoms with Crippen molar-refractivity contribution in [1.82, 2.24) is 14.3 Å². The van der Waals surface area contributed by atoms with Crippen molar-refractivity contribution in [3.63, 3.8) is 0 Å². The van der Waals surface area contributed by atoms with Crippen molar-refractivity contribution in [3.8, 4) is 22.4 Å². The molecule has 5 aromatic rings. The Morgan fingerprint density at radius 2 is 1.68 bits per heavy atom. The predicted molar refractivity (Wildman–Crippen MR) is 133 cm³/mol. The average Bonchev–Trinajstić information content (AvgIpc) is 3.22. The summed E-state index contributed by atoms with van der Waals surface area (Å²) in [5.74, 6) is -0.587. The minimum absolute atomic E-state index is 0.222. The zero-order valence-electron chi connectivity index (χ0n) is 18.8. The molecular formula is C27H24N4O3. The maximum atomic E-state index is 13.6. The first kappa shape index (κ1) is 21.6. The van der Waals surface area contributed by atoms with Gasteiger partial charge >= 0.3 is 11.5 Å². The maximum absolute atomic E-state index is 13.6. The lowest BCUT2D eigenvalue weighted by molar-refractivity contribution is -0.141. The third-order valence-corrected chi connectivity index (χ3v) is 5.80. The lowest BCUT2D eigenvalue weighted by Crippen LogP contribution is -2.31. The average molecular weight is 453 g/mol. The Balaban J connectivity index is 1.84. The van der Waals surface area contributed by atoms with Gasteiger partial charge in [-0.05, 0) is 30.7 Å². The van der Waals surface area contributed by atoms with Crippen molar-refractivity contribution in [2.24, 2.45) is 5.73 Å². The van der Waals surface area contributed by atoms with Crippen LogP contribution in [0.1, 0.15) is 13.3 Å². The molecule has 0 atom stereocenters. The number of carbonyl (C=O) groups excluding carboxylic acids is 1. The molecule has 7 heteroatoms. The summed E-state index contributed by atoms with van der Waals surface area (Å²) >= 11 is 0. The van der Waals surface area contributed by atoms with Crippen LogP contribution in [0.4, 0.5) is 0 Å². The van der Waals surface area contributed by atoms with E-state index in [1.807, 2.05) is 72.9 Å². The van der Waals surface area contributed by atoms with E-state index in [9.17, 15) is 9.59 Å². The Labute approximate surface area is 196 Å². The summed E-state index contributed by atoms with van der Waals surface area (Å²) in [6.07, 6.45) is 2.73. The normalized spacial score (nSPS) is 11.2. The van der Waals surface area contributed by atoms with E-state index in [2.05, 4.69) is 4.57 Å². The second kappa shape index (κ2) is 8.96. The summed E-state index contributed by atoms with van der Waals surface area (Å²) in [4.78, 5) is 35.8. The lowest BCUT2D eigenvalue weighted by atomic mass is 10.0. The summed E-state index contributed by atoms with van der Waals surface area (Å²) in [5, 5.41) is 0.898. The predicted octanol–water partition coefficient (Wildman–Crippen LogP) is 4.01. The molecule has 0 aliphatic rings. The standard InChI is InChI=1S/C27H24N4O3/c1-18(32)34-31-24-14-7-12-20(19-9-3-2-4-10-19)25(24)29-26(27(31)33)22-17-30(16-8-15-28)23-13-6-5-11-21(22)23/h2-7,9-14,17H,8,15-16,28H2,1H3. The van der Waals surface area contributed by atoms with Gasteiger partial charge in [0, 0.05) is 41.7 Å². The molecule has 170 valence electrons. The molecule has 0 bridgehead atoms. The van der Waals surface area contributed by atoms with Crippen molar-refractivity contribution < 1.29 is 9.63 Å². The summed E-state index contributed by atoms with van der Waals surface area (Å²) in [6, 6.07) is 23.2. The zero-order valence-corrected chi connectivity index (χ0v) is 18.8. The van der Waals surface area contributed by atoms with Gasteiger partial charge in [0.25, 0.3) is 0 Å². The van der Waals surface area contributed by atoms with E-state index in [-0.39, 0.29) is 5.69 Å². The number of aromatic nitrogens is 3. The number of nitrogens with zero attached hydrogens (tertiary/aromatic N) is 3. The van der Waals surface area contributed by atoms with E-state index in [0.717, 1.165) is 39.7 Å². The van der Waals surface area contributed by atoms with E-state index < -0.39 is 11.5 Å². The highest BCUT2D eigenvalue weighted by atomic mass is 16.7. The van der Waals surface area contributed by atoms with E-state index >= 15 is 0 Å². The van der Waals surface area contributed by atoms with E-state index in [0.29, 0.717) is 23.1 Å². The summed E-state index contributed by atoms with van der Waals surface area (Å²) in [5.41, 5.74) is 9.93. The van der Waals surface area contributed by atoms with Crippen LogP contribution in [0.5, 0.6) is 0 Å². The highest BCUT2D eigenvalue weighted by molar-refractivity contribution is 5.98. The molecule has 2 N–H and O–H groups in total. The van der Waals surface area contributed by atoms with Crippen LogP contribution in [-0.4, -0.2) is 26.8 Å². The first-order chi connectivity index (χ1) is 16.6. The third-order valence-electron chi connectivity index (χ3n) is 5.80. The smallest absolute Gasteiger partial charge is 0.330 e. The van der Waals surface area contributed by atoms with Crippen molar-refractivity contribution in [2.45, 2.75) is 19.9 Å². The van der Waals surface area contributed by atoms with Crippen LogP contribution in [0.15, 0.2) is 83.8 Å². The molecule has 0 saturated carbocycles. The molecule has 2 aromatic heterocycles. The number of para-hydroxylation sites is 2. The van der Waals surface area contributed by atoms with Crippen molar-refractivity contribution >= 4 is 27.9 Å². The number of fused-ring (bicyclic) bond motifs is 2. The fourth-order valence-electron chi connectivity index (χ4n) is 4.31. The number of aryl methyl sites for hydroxylation is 1. The molecule has 34 heavy (non-hydrogen) atoms. The Morgan fingerprint density at radius 1 is 0.941 bits per heavy atom. The summed E-state index contributed by atoms with van der Waals surface area (Å²) in [6.45, 7) is 2.56. The highest BCUT2D eigenvalue weighted by Crippen LogP contribution is 2.31. The summed E-state index contributed by atoms with van der Waals surface area (Å²) < 4.78 is 3.14. The second-order valence-corrected chi connectivity index (χ2v) is 8.08. The second-order valence-electron chi connectivity index (χ2n) is 8.08. The fourth-order valence-corrected chi connectivity index (χ4v) is 4.31. The van der Waals surface area contributed by atoms with Crippen molar-refractivity contribution in [3.05, 3.63) is 89.3 Å². The zero-order chi connectivity index (χ0) is 23.7. The van der Waals surface area contributed by atoms with Gasteiger partial charge in [-0.15, -0.1) is 4.73 Å². The molecule has 0 fully saturated rings. The molecular weight excluding hydrogens is 428 g/mol. The number of hydrogen-bond acceptors (Lipinski definition) is 5. The molecule has 0 radical (unpaired) electrons. The molecule has 0 saturated heterocycles. The summed E-state index contributed by atoms with van der Waals surface area (Å²) in [7, 11) is 0. The first-order valence-electron chi connectivity index (χ1n) is 11.2. The first-order valence-corrected chi connectivity index (χ1v) is 11.2. The molecule has 0 aliphatic heterocycles. The lowest BCUT2D eigenvalue weighted by Gasteiger charge is -2.13. The van der Waals surface area contributed by atoms with E-state index in [1.165, 1.54) is 6.92 Å². The van der Waals surface area contributed by atoms with Crippen LogP contribution in [0.2, 0.25) is 0 Å². The van der Waals surface area contributed by atoms with Gasteiger partial charge in [0.2, 0.25) is 0 Å². The van der Waals surface area contributed by atoms with E-state index in [1.54, 1.807) is 6.07 Å². The van der Waals surface area contributed by atoms with Gasteiger partial charge in [0.15, 0.2) is 0 Å². The van der Waals surface area contributed by atoms with Gasteiger partial charge in [0.1, 0.15) is 11.2 Å². The SMILES string of the molecule is CC(=O)On1c(=O)c(-c2cn(CCCN)c3ccccc23)nc2c(-c3ccccc3)cccc21. The van der Waals surface area contributed by atoms with E-state index in [4.69, 9.17) is 15.6 Å². The van der Waals surface area contributed by atoms with Crippen LogP contribution < -0.4 is 16.1 Å². The quantitative estimate of drug-likeness (QED) is 0.420. The molecule has 5 rings (SSSR count). The van der Waals surface area contributed by atoms with Crippen LogP contribution in [-0.2, 0) is 11.3 Å². The Hall–Kier alpha value is -4.23. The van der Waals surface area contributed by atoms with Crippen LogP contribution in [0.3, 0.4) is 0 Å². The van der Waals surface area contributed by atoms with Crippen LogP contribution >= 0.6 is 0 Å². The highest BCUT2D eigenvalue weighted by Gasteiger charge is 2.21. The Bertz CT molecular complexity index is 1570. The van der Waals surface area contributed by atoms with Crippen molar-refractivity contribution in [2.75, 3.05) is 6.54 Å². The van der Waals surface area contributed by atoms with Gasteiger partial charge in [-0.25, -0.2) is 9.78 Å². The maximum Gasteiger partial charge on any atom is 0.330 e. The van der Waals surface area contributed by atoms with Crippen LogP contribution in [0, 0.1) is 0 Å². The van der Waals surface area contributed by atoms with Crippen molar-refractivity contribution in [1.29, 1.82) is 0 Å². The van der Waals surface area contributed by atoms with Gasteiger partial charge in [-0.1, -0.05) is 60.7 Å². The van der Waals surface area contributed by atoms with Gasteiger partial charge in [-0.3, -0.25) is 4.79 Å². The minimum atomic E-state index is -0.587. The topological polar surface area (TPSA) is 92.1 Å². The van der Waals surface area contributed by atoms with Gasteiger partial charge < -0.3 is 15.1 Å². The monoisotopic (exact) mass is 452 g/mol. The molecule has 2 heterocycles. The third kappa shape index (κ3) is 3.76. The molecule has 0 amide bonds. The number of rotatable bonds is 6. The number of nitrogens with two attached hydrogens (primary N) is 1. The van der Waals surface area contributed by atoms with Gasteiger partial charge in [0.05, 0.1) is 5.52 Å². The molecule has 0 unspecified atom stereocenters. The molecule has 0 aliphatic carbocycles. The van der Waals surface area contributed by atoms with Gasteiger partial charge in [-0.2, -0.15) is 0 Å². The Kier molecular flexibility index (Phi) is 5.69. The van der Waals surface area contributed by atoms with Crippen LogP contribution in [0.25, 0.3) is 44.3 Å². The number of carbonyl (C=O) groups is 1. The molecule has 3 aromatic carbocycles. The largest absolute Gasteiger partial charge is 0.347 e. The minimum Gasteiger partial charge on any atom is -0.347 e. The Morgan fingerprint density at radius 3 is 2.44 bits per heavy atom. The molecule has 7 nitrogen and oxygen atoms in total. The number of hydrogen-bond donors (Lipinski definition) is 1.